The molecule has 10 aromatic rings. The number of aromatic nitrogens is 4. The van der Waals surface area contributed by atoms with Crippen LogP contribution in [0.4, 0.5) is 0 Å². The minimum absolute atomic E-state index is 0.828. The Balaban J connectivity index is 1.09. The third-order valence-corrected chi connectivity index (χ3v) is 10.7. The summed E-state index contributed by atoms with van der Waals surface area (Å²) in [7, 11) is 0. The fraction of sp³-hybridized carbons (Fsp3) is 0.0213. The van der Waals surface area contributed by atoms with Crippen LogP contribution in [-0.4, -0.2) is 19.1 Å². The van der Waals surface area contributed by atoms with Gasteiger partial charge in [-0.1, -0.05) is 121 Å². The van der Waals surface area contributed by atoms with Gasteiger partial charge >= 0.3 is 0 Å². The highest BCUT2D eigenvalue weighted by molar-refractivity contribution is 6.12. The van der Waals surface area contributed by atoms with E-state index in [4.69, 9.17) is 9.97 Å². The summed E-state index contributed by atoms with van der Waals surface area (Å²) >= 11 is 0. The molecular weight excluding hydrogens is 621 g/mol. The number of para-hydroxylation sites is 2. The van der Waals surface area contributed by atoms with Crippen LogP contribution in [0.3, 0.4) is 0 Å². The van der Waals surface area contributed by atoms with Gasteiger partial charge in [0.25, 0.3) is 0 Å². The van der Waals surface area contributed by atoms with E-state index < -0.39 is 0 Å². The van der Waals surface area contributed by atoms with Crippen LogP contribution >= 0.6 is 0 Å². The molecule has 1 aliphatic carbocycles. The summed E-state index contributed by atoms with van der Waals surface area (Å²) in [6.45, 7) is 0. The summed E-state index contributed by atoms with van der Waals surface area (Å²) in [6.07, 6.45) is 2.55. The monoisotopic (exact) mass is 650 g/mol. The van der Waals surface area contributed by atoms with E-state index in [2.05, 4.69) is 173 Å². The molecule has 0 atom stereocenters. The molecule has 0 fully saturated rings. The van der Waals surface area contributed by atoms with E-state index in [0.29, 0.717) is 0 Å². The van der Waals surface area contributed by atoms with E-state index >= 15 is 0 Å². The molecule has 0 saturated carbocycles. The molecule has 0 N–H and O–H groups in total. The number of hydrogen-bond acceptors (Lipinski definition) is 2. The molecule has 11 rings (SSSR count). The third-order valence-electron chi connectivity index (χ3n) is 10.7. The SMILES string of the molecule is c1ccc(-c2ccc(-n3c4ccccc4c4cc(-c5ccc6c7ccccc7n(-c7ncnc8c7-c7ccccc7C8)c6c5)ccc43)cc2)cc1. The van der Waals surface area contributed by atoms with Crippen LogP contribution in [0.15, 0.2) is 170 Å². The first-order valence-corrected chi connectivity index (χ1v) is 17.5. The van der Waals surface area contributed by atoms with E-state index in [1.54, 1.807) is 6.33 Å². The van der Waals surface area contributed by atoms with Crippen LogP contribution in [-0.2, 0) is 6.42 Å². The van der Waals surface area contributed by atoms with Crippen LogP contribution in [0.25, 0.3) is 88.5 Å². The molecule has 4 nitrogen and oxygen atoms in total. The molecular formula is C47H30N4. The Morgan fingerprint density at radius 1 is 0.412 bits per heavy atom. The largest absolute Gasteiger partial charge is 0.309 e. The van der Waals surface area contributed by atoms with Gasteiger partial charge in [0, 0.05) is 39.2 Å². The Bertz CT molecular complexity index is 2980. The topological polar surface area (TPSA) is 35.6 Å². The van der Waals surface area contributed by atoms with Gasteiger partial charge in [-0.25, -0.2) is 9.97 Å². The molecule has 0 bridgehead atoms. The van der Waals surface area contributed by atoms with Crippen molar-refractivity contribution in [3.63, 3.8) is 0 Å². The first kappa shape index (κ1) is 28.1. The molecule has 0 spiro atoms. The number of fused-ring (bicyclic) bond motifs is 9. The molecule has 0 amide bonds. The second-order valence-electron chi connectivity index (χ2n) is 13.4. The van der Waals surface area contributed by atoms with Gasteiger partial charge in [-0.05, 0) is 75.8 Å². The molecule has 0 aliphatic heterocycles. The lowest BCUT2D eigenvalue weighted by Crippen LogP contribution is -2.02. The Morgan fingerprint density at radius 3 is 1.86 bits per heavy atom. The van der Waals surface area contributed by atoms with Gasteiger partial charge < -0.3 is 4.57 Å². The second kappa shape index (κ2) is 10.9. The van der Waals surface area contributed by atoms with Gasteiger partial charge in [-0.2, -0.15) is 0 Å². The van der Waals surface area contributed by atoms with Crippen molar-refractivity contribution in [2.24, 2.45) is 0 Å². The van der Waals surface area contributed by atoms with E-state index in [1.807, 2.05) is 0 Å². The molecule has 0 saturated heterocycles. The molecule has 3 aromatic heterocycles. The standard InChI is InChI=1S/C47H30N4/c1-2-10-30(11-3-1)31-18-22-35(23-19-31)50-42-16-8-7-15-38(42)40-26-32(21-25-44(40)50)33-20-24-39-37-14-6-9-17-43(37)51(45(39)28-33)47-46-36-13-5-4-12-34(36)27-41(46)48-29-49-47/h1-26,28-29H,27H2. The lowest BCUT2D eigenvalue weighted by atomic mass is 10.0. The molecule has 7 aromatic carbocycles. The third kappa shape index (κ3) is 4.20. The lowest BCUT2D eigenvalue weighted by molar-refractivity contribution is 1.00. The summed E-state index contributed by atoms with van der Waals surface area (Å²) in [5, 5.41) is 4.91. The van der Waals surface area contributed by atoms with Crippen molar-refractivity contribution in [2.45, 2.75) is 6.42 Å². The van der Waals surface area contributed by atoms with Gasteiger partial charge in [-0.3, -0.25) is 4.57 Å². The van der Waals surface area contributed by atoms with E-state index in [0.717, 1.165) is 40.2 Å². The summed E-state index contributed by atoms with van der Waals surface area (Å²) < 4.78 is 4.73. The van der Waals surface area contributed by atoms with Crippen molar-refractivity contribution in [1.29, 1.82) is 0 Å². The minimum Gasteiger partial charge on any atom is -0.309 e. The quantitative estimate of drug-likeness (QED) is 0.190. The van der Waals surface area contributed by atoms with Crippen LogP contribution in [0, 0.1) is 0 Å². The van der Waals surface area contributed by atoms with Crippen LogP contribution in [0.5, 0.6) is 0 Å². The van der Waals surface area contributed by atoms with Crippen molar-refractivity contribution >= 4 is 43.6 Å². The van der Waals surface area contributed by atoms with Crippen LogP contribution in [0.2, 0.25) is 0 Å². The summed E-state index contributed by atoms with van der Waals surface area (Å²) in [5.74, 6) is 0.935. The number of nitrogens with zero attached hydrogens (tertiary/aromatic N) is 4. The van der Waals surface area contributed by atoms with Crippen LogP contribution < -0.4 is 0 Å². The zero-order valence-corrected chi connectivity index (χ0v) is 27.7. The Kier molecular flexibility index (Phi) is 5.98. The van der Waals surface area contributed by atoms with Gasteiger partial charge in [-0.15, -0.1) is 0 Å². The average molecular weight is 651 g/mol. The minimum atomic E-state index is 0.828. The zero-order chi connectivity index (χ0) is 33.5. The summed E-state index contributed by atoms with van der Waals surface area (Å²) in [4.78, 5) is 9.71. The Labute approximate surface area is 294 Å². The maximum atomic E-state index is 4.97. The summed E-state index contributed by atoms with van der Waals surface area (Å²) in [5.41, 5.74) is 15.4. The maximum absolute atomic E-state index is 4.97. The zero-order valence-electron chi connectivity index (χ0n) is 27.7. The average Bonchev–Trinajstić information content (AvgIpc) is 3.85. The van der Waals surface area contributed by atoms with Crippen molar-refractivity contribution in [2.75, 3.05) is 0 Å². The lowest BCUT2D eigenvalue weighted by Gasteiger charge is -2.13. The molecule has 0 unspecified atom stereocenters. The maximum Gasteiger partial charge on any atom is 0.149 e. The number of hydrogen-bond donors (Lipinski definition) is 0. The van der Waals surface area contributed by atoms with E-state index in [-0.39, 0.29) is 0 Å². The van der Waals surface area contributed by atoms with Crippen LogP contribution in [0.1, 0.15) is 11.3 Å². The molecule has 4 heteroatoms. The Morgan fingerprint density at radius 2 is 1.02 bits per heavy atom. The summed E-state index contributed by atoms with van der Waals surface area (Å²) in [6, 6.07) is 59.3. The van der Waals surface area contributed by atoms with Gasteiger partial charge in [0.2, 0.25) is 0 Å². The second-order valence-corrected chi connectivity index (χ2v) is 13.4. The first-order valence-electron chi connectivity index (χ1n) is 17.5. The molecule has 1 aliphatic rings. The number of rotatable bonds is 4. The highest BCUT2D eigenvalue weighted by atomic mass is 15.1. The van der Waals surface area contributed by atoms with E-state index in [9.17, 15) is 0 Å². The predicted molar refractivity (Wildman–Crippen MR) is 210 cm³/mol. The fourth-order valence-corrected chi connectivity index (χ4v) is 8.33. The molecule has 0 radical (unpaired) electrons. The predicted octanol–water partition coefficient (Wildman–Crippen LogP) is 11.6. The van der Waals surface area contributed by atoms with Gasteiger partial charge in [0.15, 0.2) is 0 Å². The molecule has 51 heavy (non-hydrogen) atoms. The van der Waals surface area contributed by atoms with E-state index in [1.165, 1.54) is 66.0 Å². The fourth-order valence-electron chi connectivity index (χ4n) is 8.33. The van der Waals surface area contributed by atoms with Gasteiger partial charge in [0.05, 0.1) is 27.8 Å². The van der Waals surface area contributed by atoms with Crippen molar-refractivity contribution < 1.29 is 0 Å². The van der Waals surface area contributed by atoms with Crippen molar-refractivity contribution in [3.05, 3.63) is 181 Å². The van der Waals surface area contributed by atoms with Gasteiger partial charge in [0.1, 0.15) is 12.1 Å². The number of benzene rings is 7. The smallest absolute Gasteiger partial charge is 0.149 e. The van der Waals surface area contributed by atoms with Crippen molar-refractivity contribution in [3.8, 4) is 44.9 Å². The van der Waals surface area contributed by atoms with Crippen molar-refractivity contribution in [1.82, 2.24) is 19.1 Å². The highest BCUT2D eigenvalue weighted by Gasteiger charge is 2.26. The normalized spacial score (nSPS) is 12.2. The highest BCUT2D eigenvalue weighted by Crippen LogP contribution is 2.43. The molecule has 3 heterocycles. The first-order chi connectivity index (χ1) is 25.3. The molecule has 238 valence electrons. The Hall–Kier alpha value is -6.78.